The molecule has 0 aliphatic heterocycles. The summed E-state index contributed by atoms with van der Waals surface area (Å²) in [5, 5.41) is 3.33. The van der Waals surface area contributed by atoms with Crippen LogP contribution >= 0.6 is 0 Å². The highest BCUT2D eigenvalue weighted by Crippen LogP contribution is 2.27. The van der Waals surface area contributed by atoms with E-state index in [1.807, 2.05) is 53.9 Å². The van der Waals surface area contributed by atoms with Crippen molar-refractivity contribution in [3.63, 3.8) is 0 Å². The summed E-state index contributed by atoms with van der Waals surface area (Å²) < 4.78 is 0. The minimum Gasteiger partial charge on any atom is -0.368 e. The molecule has 33 heavy (non-hydrogen) atoms. The molecule has 0 radical (unpaired) electrons. The highest BCUT2D eigenvalue weighted by Gasteiger charge is 2.19. The SMILES string of the molecule is CC1=CC(C)=C(CCC(=O)c2cc(NC(C)C)nc(-c3ccc(CN(C)C)cc3)c2)C(=O)C1. The molecule has 0 bridgehead atoms. The third-order valence-corrected chi connectivity index (χ3v) is 5.65. The first-order valence-corrected chi connectivity index (χ1v) is 11.6. The van der Waals surface area contributed by atoms with E-state index in [-0.39, 0.29) is 17.6 Å². The largest absolute Gasteiger partial charge is 0.368 e. The Balaban J connectivity index is 1.86. The van der Waals surface area contributed by atoms with Gasteiger partial charge in [-0.2, -0.15) is 0 Å². The minimum atomic E-state index is 0.0223. The van der Waals surface area contributed by atoms with Gasteiger partial charge < -0.3 is 10.2 Å². The molecule has 3 rings (SSSR count). The van der Waals surface area contributed by atoms with Gasteiger partial charge in [-0.15, -0.1) is 0 Å². The van der Waals surface area contributed by atoms with Gasteiger partial charge in [-0.1, -0.05) is 35.9 Å². The van der Waals surface area contributed by atoms with Crippen LogP contribution in [0.4, 0.5) is 5.82 Å². The molecule has 1 N–H and O–H groups in total. The van der Waals surface area contributed by atoms with Crippen LogP contribution in [-0.2, 0) is 11.3 Å². The van der Waals surface area contributed by atoms with Gasteiger partial charge >= 0.3 is 0 Å². The van der Waals surface area contributed by atoms with Crippen molar-refractivity contribution in [3.8, 4) is 11.3 Å². The number of nitrogens with one attached hydrogen (secondary N) is 1. The molecule has 0 amide bonds. The Morgan fingerprint density at radius 3 is 2.42 bits per heavy atom. The Bertz CT molecular complexity index is 1090. The van der Waals surface area contributed by atoms with Crippen molar-refractivity contribution in [1.29, 1.82) is 0 Å². The maximum Gasteiger partial charge on any atom is 0.163 e. The first-order chi connectivity index (χ1) is 15.6. The molecule has 5 heteroatoms. The number of carbonyl (C=O) groups is 2. The Morgan fingerprint density at radius 1 is 1.12 bits per heavy atom. The first-order valence-electron chi connectivity index (χ1n) is 11.6. The molecular weight excluding hydrogens is 410 g/mol. The number of hydrogen-bond acceptors (Lipinski definition) is 5. The third kappa shape index (κ3) is 6.72. The second-order valence-electron chi connectivity index (χ2n) is 9.54. The summed E-state index contributed by atoms with van der Waals surface area (Å²) in [7, 11) is 4.09. The van der Waals surface area contributed by atoms with E-state index in [2.05, 4.69) is 40.6 Å². The highest BCUT2D eigenvalue weighted by atomic mass is 16.1. The number of allylic oxidation sites excluding steroid dienone is 4. The summed E-state index contributed by atoms with van der Waals surface area (Å²) in [5.74, 6) is 0.843. The average Bonchev–Trinajstić information content (AvgIpc) is 2.72. The fourth-order valence-corrected chi connectivity index (χ4v) is 4.16. The van der Waals surface area contributed by atoms with E-state index in [4.69, 9.17) is 4.98 Å². The van der Waals surface area contributed by atoms with Crippen molar-refractivity contribution in [2.75, 3.05) is 19.4 Å². The van der Waals surface area contributed by atoms with E-state index in [0.717, 1.165) is 34.5 Å². The molecule has 0 spiro atoms. The topological polar surface area (TPSA) is 62.3 Å². The molecule has 1 aromatic heterocycles. The van der Waals surface area contributed by atoms with E-state index in [1.54, 1.807) is 0 Å². The second-order valence-corrected chi connectivity index (χ2v) is 9.54. The zero-order chi connectivity index (χ0) is 24.1. The van der Waals surface area contributed by atoms with E-state index in [0.29, 0.717) is 30.6 Å². The number of nitrogens with zero attached hydrogens (tertiary/aromatic N) is 2. The van der Waals surface area contributed by atoms with E-state index < -0.39 is 0 Å². The van der Waals surface area contributed by atoms with Gasteiger partial charge in [0, 0.05) is 36.6 Å². The van der Waals surface area contributed by atoms with Crippen LogP contribution in [0.25, 0.3) is 11.3 Å². The smallest absolute Gasteiger partial charge is 0.163 e. The molecule has 0 atom stereocenters. The van der Waals surface area contributed by atoms with Gasteiger partial charge in [0.1, 0.15) is 5.82 Å². The van der Waals surface area contributed by atoms with Crippen LogP contribution in [0.1, 0.15) is 62.9 Å². The molecule has 2 aromatic rings. The third-order valence-electron chi connectivity index (χ3n) is 5.65. The van der Waals surface area contributed by atoms with Crippen LogP contribution in [0.2, 0.25) is 0 Å². The van der Waals surface area contributed by atoms with Crippen LogP contribution in [-0.4, -0.2) is 41.6 Å². The Hall–Kier alpha value is -3.05. The number of hydrogen-bond donors (Lipinski definition) is 1. The zero-order valence-electron chi connectivity index (χ0n) is 20.7. The molecule has 1 aliphatic rings. The molecule has 0 saturated carbocycles. The molecule has 1 heterocycles. The van der Waals surface area contributed by atoms with Gasteiger partial charge in [-0.05, 0) is 77.1 Å². The average molecular weight is 446 g/mol. The number of rotatable bonds is 9. The predicted molar refractivity (Wildman–Crippen MR) is 135 cm³/mol. The number of Topliss-reactive ketones (excluding diaryl/α,β-unsaturated/α-hetero) is 2. The normalized spacial score (nSPS) is 14.2. The van der Waals surface area contributed by atoms with Crippen LogP contribution in [0, 0.1) is 0 Å². The van der Waals surface area contributed by atoms with Crippen LogP contribution in [0.15, 0.2) is 59.2 Å². The molecule has 5 nitrogen and oxygen atoms in total. The maximum atomic E-state index is 13.2. The van der Waals surface area contributed by atoms with Crippen LogP contribution in [0.3, 0.4) is 0 Å². The standard InChI is InChI=1S/C28H35N3O2/c1-18(2)29-28-16-23(26(32)12-11-24-20(4)13-19(3)14-27(24)33)15-25(30-28)22-9-7-21(8-10-22)17-31(5)6/h7-10,13,15-16,18H,11-12,14,17H2,1-6H3,(H,29,30). The Labute approximate surface area is 197 Å². The van der Waals surface area contributed by atoms with Gasteiger partial charge in [0.15, 0.2) is 11.6 Å². The lowest BCUT2D eigenvalue weighted by Gasteiger charge is -2.16. The van der Waals surface area contributed by atoms with Gasteiger partial charge in [0.2, 0.25) is 0 Å². The van der Waals surface area contributed by atoms with Crippen molar-refractivity contribution >= 4 is 17.4 Å². The van der Waals surface area contributed by atoms with Crippen molar-refractivity contribution in [1.82, 2.24) is 9.88 Å². The molecule has 0 fully saturated rings. The van der Waals surface area contributed by atoms with Crippen molar-refractivity contribution < 1.29 is 9.59 Å². The lowest BCUT2D eigenvalue weighted by molar-refractivity contribution is -0.115. The number of carbonyl (C=O) groups excluding carboxylic acids is 2. The molecule has 0 unspecified atom stereocenters. The number of ketones is 2. The number of anilines is 1. The number of benzene rings is 1. The van der Waals surface area contributed by atoms with E-state index in [9.17, 15) is 9.59 Å². The lowest BCUT2D eigenvalue weighted by atomic mass is 9.89. The quantitative estimate of drug-likeness (QED) is 0.492. The molecule has 1 aliphatic carbocycles. The maximum absolute atomic E-state index is 13.2. The summed E-state index contributed by atoms with van der Waals surface area (Å²) in [6.45, 7) is 8.89. The van der Waals surface area contributed by atoms with Crippen molar-refractivity contribution in [2.45, 2.75) is 59.5 Å². The number of pyridine rings is 1. The fourth-order valence-electron chi connectivity index (χ4n) is 4.16. The van der Waals surface area contributed by atoms with Crippen molar-refractivity contribution in [3.05, 3.63) is 70.3 Å². The second kappa shape index (κ2) is 10.7. The Morgan fingerprint density at radius 2 is 1.82 bits per heavy atom. The van der Waals surface area contributed by atoms with Crippen molar-refractivity contribution in [2.24, 2.45) is 0 Å². The summed E-state index contributed by atoms with van der Waals surface area (Å²) in [6, 6.07) is 12.2. The zero-order valence-corrected chi connectivity index (χ0v) is 20.7. The fraction of sp³-hybridized carbons (Fsp3) is 0.393. The summed E-state index contributed by atoms with van der Waals surface area (Å²) in [6.07, 6.45) is 3.28. The molecule has 1 aromatic carbocycles. The molecular formula is C28H35N3O2. The minimum absolute atomic E-state index is 0.0223. The van der Waals surface area contributed by atoms with Crippen LogP contribution in [0.5, 0.6) is 0 Å². The molecule has 0 saturated heterocycles. The Kier molecular flexibility index (Phi) is 7.98. The van der Waals surface area contributed by atoms with Crippen LogP contribution < -0.4 is 5.32 Å². The lowest BCUT2D eigenvalue weighted by Crippen LogP contribution is -2.14. The first kappa shape index (κ1) is 24.6. The van der Waals surface area contributed by atoms with Gasteiger partial charge in [-0.3, -0.25) is 9.59 Å². The molecule has 174 valence electrons. The van der Waals surface area contributed by atoms with E-state index in [1.165, 1.54) is 5.56 Å². The summed E-state index contributed by atoms with van der Waals surface area (Å²) in [4.78, 5) is 32.5. The van der Waals surface area contributed by atoms with Gasteiger partial charge in [0.05, 0.1) is 5.69 Å². The summed E-state index contributed by atoms with van der Waals surface area (Å²) >= 11 is 0. The highest BCUT2D eigenvalue weighted by molar-refractivity contribution is 6.02. The van der Waals surface area contributed by atoms with Gasteiger partial charge in [0.25, 0.3) is 0 Å². The van der Waals surface area contributed by atoms with E-state index >= 15 is 0 Å². The van der Waals surface area contributed by atoms with Gasteiger partial charge in [-0.25, -0.2) is 4.98 Å². The monoisotopic (exact) mass is 445 g/mol. The summed E-state index contributed by atoms with van der Waals surface area (Å²) in [5.41, 5.74) is 6.42. The number of aromatic nitrogens is 1. The predicted octanol–water partition coefficient (Wildman–Crippen LogP) is 5.83.